The first-order chi connectivity index (χ1) is 12.4. The van der Waals surface area contributed by atoms with Crippen molar-refractivity contribution in [2.75, 3.05) is 0 Å². The second-order valence-electron chi connectivity index (χ2n) is 5.80. The zero-order chi connectivity index (χ0) is 19.1. The van der Waals surface area contributed by atoms with E-state index in [1.807, 2.05) is 37.3 Å². The number of benzene rings is 1. The minimum absolute atomic E-state index is 0.0966. The van der Waals surface area contributed by atoms with Gasteiger partial charge in [0, 0.05) is 6.20 Å². The monoisotopic (exact) mass is 394 g/mol. The molecule has 1 amide bonds. The molecule has 0 spiro atoms. The smallest absolute Gasteiger partial charge is 0.340 e. The molecule has 0 aliphatic heterocycles. The quantitative estimate of drug-likeness (QED) is 0.550. The third-order valence-corrected chi connectivity index (χ3v) is 4.47. The average Bonchev–Trinajstić information content (AvgIpc) is 2.64. The van der Waals surface area contributed by atoms with Crippen molar-refractivity contribution in [1.29, 1.82) is 0 Å². The van der Waals surface area contributed by atoms with Gasteiger partial charge in [-0.2, -0.15) is 0 Å². The summed E-state index contributed by atoms with van der Waals surface area (Å²) < 4.78 is 5.22. The lowest BCUT2D eigenvalue weighted by atomic mass is 10.0. The Morgan fingerprint density at radius 3 is 2.54 bits per heavy atom. The van der Waals surface area contributed by atoms with Crippen molar-refractivity contribution in [2.45, 2.75) is 38.8 Å². The van der Waals surface area contributed by atoms with Crippen LogP contribution < -0.4 is 5.32 Å². The Morgan fingerprint density at radius 2 is 1.92 bits per heavy atom. The molecular weight excluding hydrogens is 375 g/mol. The van der Waals surface area contributed by atoms with Crippen LogP contribution >= 0.6 is 23.2 Å². The number of esters is 1. The Labute approximate surface area is 162 Å². The molecular formula is C19H20Cl2N2O3. The van der Waals surface area contributed by atoms with Crippen LogP contribution in [-0.2, 0) is 9.53 Å². The molecule has 1 aromatic carbocycles. The van der Waals surface area contributed by atoms with Gasteiger partial charge < -0.3 is 10.1 Å². The molecule has 0 saturated carbocycles. The number of nitrogens with one attached hydrogen (secondary N) is 1. The average molecular weight is 395 g/mol. The van der Waals surface area contributed by atoms with E-state index in [9.17, 15) is 9.59 Å². The maximum atomic E-state index is 12.4. The molecule has 0 aliphatic carbocycles. The van der Waals surface area contributed by atoms with Crippen molar-refractivity contribution in [1.82, 2.24) is 10.3 Å². The van der Waals surface area contributed by atoms with Crippen molar-refractivity contribution >= 4 is 35.1 Å². The summed E-state index contributed by atoms with van der Waals surface area (Å²) in [6.07, 6.45) is 1.99. The fraction of sp³-hybridized carbons (Fsp3) is 0.316. The molecule has 2 unspecified atom stereocenters. The molecule has 2 aromatic rings. The number of hydrogen-bond donors (Lipinski definition) is 1. The number of carbonyl (C=O) groups excluding carboxylic acids is 2. The normalized spacial score (nSPS) is 12.9. The first kappa shape index (κ1) is 20.2. The van der Waals surface area contributed by atoms with E-state index in [-0.39, 0.29) is 27.7 Å². The highest BCUT2D eigenvalue weighted by Crippen LogP contribution is 2.21. The molecule has 138 valence electrons. The molecule has 2 rings (SSSR count). The van der Waals surface area contributed by atoms with Crippen LogP contribution in [0, 0.1) is 0 Å². The summed E-state index contributed by atoms with van der Waals surface area (Å²) in [5.41, 5.74) is 1.14. The number of ether oxygens (including phenoxy) is 1. The van der Waals surface area contributed by atoms with Gasteiger partial charge >= 0.3 is 5.97 Å². The predicted molar refractivity (Wildman–Crippen MR) is 101 cm³/mol. The van der Waals surface area contributed by atoms with E-state index in [1.54, 1.807) is 0 Å². The van der Waals surface area contributed by atoms with Gasteiger partial charge in [0.15, 0.2) is 6.10 Å². The van der Waals surface area contributed by atoms with Crippen LogP contribution in [0.1, 0.15) is 48.7 Å². The maximum Gasteiger partial charge on any atom is 0.340 e. The van der Waals surface area contributed by atoms with Gasteiger partial charge in [-0.3, -0.25) is 4.79 Å². The van der Waals surface area contributed by atoms with Gasteiger partial charge in [0.05, 0.1) is 16.6 Å². The predicted octanol–water partition coefficient (Wildman–Crippen LogP) is 4.59. The van der Waals surface area contributed by atoms with Crippen molar-refractivity contribution in [3.05, 3.63) is 63.9 Å². The summed E-state index contributed by atoms with van der Waals surface area (Å²) in [6, 6.07) is 10.9. The minimum atomic E-state index is -0.958. The van der Waals surface area contributed by atoms with Crippen LogP contribution in [-0.4, -0.2) is 23.0 Å². The second-order valence-corrected chi connectivity index (χ2v) is 6.57. The Kier molecular flexibility index (Phi) is 7.42. The molecule has 1 aromatic heterocycles. The van der Waals surface area contributed by atoms with Crippen molar-refractivity contribution in [3.8, 4) is 0 Å². The number of aromatic nitrogens is 1. The third kappa shape index (κ3) is 5.44. The summed E-state index contributed by atoms with van der Waals surface area (Å²) >= 11 is 11.6. The number of hydrogen-bond acceptors (Lipinski definition) is 4. The first-order valence-electron chi connectivity index (χ1n) is 8.29. The highest BCUT2D eigenvalue weighted by molar-refractivity contribution is 6.41. The lowest BCUT2D eigenvalue weighted by molar-refractivity contribution is -0.129. The van der Waals surface area contributed by atoms with Crippen LogP contribution in [0.3, 0.4) is 0 Å². The van der Waals surface area contributed by atoms with E-state index in [0.717, 1.165) is 18.4 Å². The Bertz CT molecular complexity index is 769. The van der Waals surface area contributed by atoms with E-state index in [1.165, 1.54) is 19.2 Å². The fourth-order valence-electron chi connectivity index (χ4n) is 2.40. The van der Waals surface area contributed by atoms with E-state index < -0.39 is 12.1 Å². The molecule has 7 heteroatoms. The van der Waals surface area contributed by atoms with Crippen LogP contribution in [0.2, 0.25) is 10.2 Å². The number of carbonyl (C=O) groups is 2. The molecule has 26 heavy (non-hydrogen) atoms. The fourth-order valence-corrected chi connectivity index (χ4v) is 2.67. The molecule has 0 bridgehead atoms. The highest BCUT2D eigenvalue weighted by atomic mass is 35.5. The maximum absolute atomic E-state index is 12.4. The summed E-state index contributed by atoms with van der Waals surface area (Å²) in [6.45, 7) is 3.56. The lowest BCUT2D eigenvalue weighted by Gasteiger charge is -2.21. The van der Waals surface area contributed by atoms with Gasteiger partial charge in [-0.1, -0.05) is 66.9 Å². The van der Waals surface area contributed by atoms with E-state index >= 15 is 0 Å². The van der Waals surface area contributed by atoms with Gasteiger partial charge in [0.1, 0.15) is 5.15 Å². The van der Waals surface area contributed by atoms with Crippen molar-refractivity contribution < 1.29 is 14.3 Å². The first-order valence-corrected chi connectivity index (χ1v) is 9.05. The number of amides is 1. The van der Waals surface area contributed by atoms with Gasteiger partial charge in [0.2, 0.25) is 0 Å². The molecule has 1 heterocycles. The molecule has 5 nitrogen and oxygen atoms in total. The standard InChI is InChI=1S/C19H20Cl2N2O3/c1-3-7-16(13-8-5-4-6-9-13)23-18(24)12(2)26-19(25)14-10-15(20)17(21)22-11-14/h4-6,8-12,16H,3,7H2,1-2H3,(H,23,24). The molecule has 0 fully saturated rings. The Balaban J connectivity index is 2.01. The van der Waals surface area contributed by atoms with Gasteiger partial charge in [0.25, 0.3) is 5.91 Å². The van der Waals surface area contributed by atoms with Gasteiger partial charge in [-0.15, -0.1) is 0 Å². The van der Waals surface area contributed by atoms with Crippen LogP contribution in [0.15, 0.2) is 42.6 Å². The molecule has 0 radical (unpaired) electrons. The summed E-state index contributed by atoms with van der Waals surface area (Å²) in [7, 11) is 0. The largest absolute Gasteiger partial charge is 0.449 e. The molecule has 0 saturated heterocycles. The summed E-state index contributed by atoms with van der Waals surface area (Å²) in [5, 5.41) is 3.17. The molecule has 2 atom stereocenters. The Morgan fingerprint density at radius 1 is 1.23 bits per heavy atom. The van der Waals surface area contributed by atoms with E-state index in [4.69, 9.17) is 27.9 Å². The summed E-state index contributed by atoms with van der Waals surface area (Å²) in [5.74, 6) is -1.06. The summed E-state index contributed by atoms with van der Waals surface area (Å²) in [4.78, 5) is 28.4. The topological polar surface area (TPSA) is 68.3 Å². The number of halogens is 2. The van der Waals surface area contributed by atoms with Crippen LogP contribution in [0.25, 0.3) is 0 Å². The van der Waals surface area contributed by atoms with Gasteiger partial charge in [-0.05, 0) is 25.0 Å². The number of nitrogens with zero attached hydrogens (tertiary/aromatic N) is 1. The molecule has 0 aliphatic rings. The number of pyridine rings is 1. The Hall–Kier alpha value is -2.11. The van der Waals surface area contributed by atoms with Crippen LogP contribution in [0.4, 0.5) is 0 Å². The zero-order valence-corrected chi connectivity index (χ0v) is 16.1. The lowest BCUT2D eigenvalue weighted by Crippen LogP contribution is -2.38. The molecule has 1 N–H and O–H groups in total. The zero-order valence-electron chi connectivity index (χ0n) is 14.5. The highest BCUT2D eigenvalue weighted by Gasteiger charge is 2.22. The SMILES string of the molecule is CCCC(NC(=O)C(C)OC(=O)c1cnc(Cl)c(Cl)c1)c1ccccc1. The second kappa shape index (κ2) is 9.55. The van der Waals surface area contributed by atoms with Gasteiger partial charge in [-0.25, -0.2) is 9.78 Å². The van der Waals surface area contributed by atoms with E-state index in [2.05, 4.69) is 10.3 Å². The van der Waals surface area contributed by atoms with Crippen molar-refractivity contribution in [3.63, 3.8) is 0 Å². The van der Waals surface area contributed by atoms with E-state index in [0.29, 0.717) is 0 Å². The minimum Gasteiger partial charge on any atom is -0.449 e. The van der Waals surface area contributed by atoms with Crippen LogP contribution in [0.5, 0.6) is 0 Å². The number of rotatable bonds is 7. The third-order valence-electron chi connectivity index (χ3n) is 3.78. The van der Waals surface area contributed by atoms with Crippen molar-refractivity contribution in [2.24, 2.45) is 0 Å².